The largest absolute Gasteiger partial charge is 0.382 e. The molecule has 0 spiro atoms. The lowest BCUT2D eigenvalue weighted by molar-refractivity contribution is 0.631. The summed E-state index contributed by atoms with van der Waals surface area (Å²) in [5.74, 6) is -0.0418. The average Bonchev–Trinajstić information content (AvgIpc) is 2.99. The Labute approximate surface area is 106 Å². The maximum atomic E-state index is 13.8. The van der Waals surface area contributed by atoms with Crippen LogP contribution in [0.15, 0.2) is 36.0 Å². The normalized spacial score (nSPS) is 10.7. The Hall–Kier alpha value is -2.21. The second-order valence-electron chi connectivity index (χ2n) is 3.70. The van der Waals surface area contributed by atoms with Crippen LogP contribution in [0.5, 0.6) is 0 Å². The molecule has 0 radical (unpaired) electrons. The molecule has 0 aliphatic rings. The van der Waals surface area contributed by atoms with Crippen molar-refractivity contribution in [2.75, 3.05) is 5.73 Å². The van der Waals surface area contributed by atoms with E-state index in [0.717, 1.165) is 4.88 Å². The maximum absolute atomic E-state index is 13.8. The van der Waals surface area contributed by atoms with E-state index < -0.39 is 0 Å². The molecule has 18 heavy (non-hydrogen) atoms. The molecule has 0 atom stereocenters. The molecule has 0 amide bonds. The number of hydrogen-bond donors (Lipinski definition) is 2. The summed E-state index contributed by atoms with van der Waals surface area (Å²) in [5, 5.41) is 6.79. The second kappa shape index (κ2) is 4.23. The molecule has 0 aliphatic carbocycles. The minimum absolute atomic E-state index is 0.281. The lowest BCUT2D eigenvalue weighted by Gasteiger charge is -2.03. The molecule has 0 fully saturated rings. The minimum Gasteiger partial charge on any atom is -0.382 e. The fourth-order valence-corrected chi connectivity index (χ4v) is 2.43. The van der Waals surface area contributed by atoms with Crippen molar-refractivity contribution >= 4 is 17.2 Å². The van der Waals surface area contributed by atoms with Gasteiger partial charge in [0.15, 0.2) is 5.82 Å². The van der Waals surface area contributed by atoms with E-state index in [1.165, 1.54) is 17.4 Å². The number of rotatable bonds is 2. The van der Waals surface area contributed by atoms with Crippen molar-refractivity contribution < 1.29 is 4.39 Å². The molecule has 2 heterocycles. The Balaban J connectivity index is 2.24. The first-order valence-corrected chi connectivity index (χ1v) is 6.13. The van der Waals surface area contributed by atoms with Gasteiger partial charge in [-0.2, -0.15) is 5.10 Å². The van der Waals surface area contributed by atoms with Crippen molar-refractivity contribution in [2.45, 2.75) is 0 Å². The zero-order valence-corrected chi connectivity index (χ0v) is 10.0. The summed E-state index contributed by atoms with van der Waals surface area (Å²) in [6, 6.07) is 6.49. The number of nitrogens with two attached hydrogens (primary N) is 1. The van der Waals surface area contributed by atoms with E-state index in [2.05, 4.69) is 15.2 Å². The molecule has 90 valence electrons. The Kier molecular flexibility index (Phi) is 2.56. The summed E-state index contributed by atoms with van der Waals surface area (Å²) in [4.78, 5) is 4.87. The first-order chi connectivity index (χ1) is 8.77. The number of halogens is 1. The smallest absolute Gasteiger partial charge is 0.153 e. The topological polar surface area (TPSA) is 67.6 Å². The van der Waals surface area contributed by atoms with E-state index in [-0.39, 0.29) is 11.6 Å². The summed E-state index contributed by atoms with van der Waals surface area (Å²) in [6.07, 6.45) is 1.70. The Morgan fingerprint density at radius 2 is 2.11 bits per heavy atom. The predicted octanol–water partition coefficient (Wildman–Crippen LogP) is 2.92. The van der Waals surface area contributed by atoms with E-state index in [9.17, 15) is 4.39 Å². The SMILES string of the molecule is Nc1n[nH]c(-c2cncs2)c1-c1ccccc1F. The second-order valence-corrected chi connectivity index (χ2v) is 4.59. The minimum atomic E-state index is -0.323. The number of nitrogens with zero attached hydrogens (tertiary/aromatic N) is 2. The highest BCUT2D eigenvalue weighted by atomic mass is 32.1. The summed E-state index contributed by atoms with van der Waals surface area (Å²) < 4.78 is 13.8. The van der Waals surface area contributed by atoms with E-state index in [0.29, 0.717) is 16.8 Å². The lowest BCUT2D eigenvalue weighted by atomic mass is 10.0. The van der Waals surface area contributed by atoms with Gasteiger partial charge in [0.05, 0.1) is 21.6 Å². The van der Waals surface area contributed by atoms with Crippen molar-refractivity contribution in [3.05, 3.63) is 41.8 Å². The van der Waals surface area contributed by atoms with E-state index in [1.54, 1.807) is 29.9 Å². The molecule has 0 bridgehead atoms. The third-order valence-corrected chi connectivity index (χ3v) is 3.41. The zero-order valence-electron chi connectivity index (χ0n) is 9.22. The number of nitrogen functional groups attached to an aromatic ring is 1. The molecule has 0 saturated heterocycles. The van der Waals surface area contributed by atoms with Gasteiger partial charge in [-0.3, -0.25) is 10.1 Å². The first kappa shape index (κ1) is 10.9. The highest BCUT2D eigenvalue weighted by Crippen LogP contribution is 2.37. The molecular weight excluding hydrogens is 251 g/mol. The summed E-state index contributed by atoms with van der Waals surface area (Å²) >= 11 is 1.44. The van der Waals surface area contributed by atoms with Crippen LogP contribution in [0.3, 0.4) is 0 Å². The number of benzene rings is 1. The highest BCUT2D eigenvalue weighted by Gasteiger charge is 2.18. The molecule has 0 aliphatic heterocycles. The number of nitrogens with one attached hydrogen (secondary N) is 1. The monoisotopic (exact) mass is 260 g/mol. The van der Waals surface area contributed by atoms with Crippen LogP contribution < -0.4 is 5.73 Å². The molecule has 6 heteroatoms. The number of hydrogen-bond acceptors (Lipinski definition) is 4. The van der Waals surface area contributed by atoms with Gasteiger partial charge in [0.25, 0.3) is 0 Å². The first-order valence-electron chi connectivity index (χ1n) is 5.25. The van der Waals surface area contributed by atoms with Crippen molar-refractivity contribution in [1.82, 2.24) is 15.2 Å². The van der Waals surface area contributed by atoms with E-state index in [1.807, 2.05) is 0 Å². The average molecular weight is 260 g/mol. The van der Waals surface area contributed by atoms with Gasteiger partial charge in [-0.05, 0) is 6.07 Å². The quantitative estimate of drug-likeness (QED) is 0.744. The van der Waals surface area contributed by atoms with Gasteiger partial charge in [-0.1, -0.05) is 18.2 Å². The molecule has 3 rings (SSSR count). The van der Waals surface area contributed by atoms with Crippen molar-refractivity contribution in [2.24, 2.45) is 0 Å². The Bertz CT molecular complexity index is 675. The lowest BCUT2D eigenvalue weighted by Crippen LogP contribution is -1.90. The van der Waals surface area contributed by atoms with Gasteiger partial charge < -0.3 is 5.73 Å². The molecule has 3 aromatic rings. The van der Waals surface area contributed by atoms with Crippen molar-refractivity contribution in [3.8, 4) is 21.7 Å². The zero-order chi connectivity index (χ0) is 12.5. The molecule has 0 unspecified atom stereocenters. The van der Waals surface area contributed by atoms with Gasteiger partial charge in [0, 0.05) is 11.8 Å². The fourth-order valence-electron chi connectivity index (χ4n) is 1.81. The van der Waals surface area contributed by atoms with Gasteiger partial charge in [0.2, 0.25) is 0 Å². The van der Waals surface area contributed by atoms with Crippen LogP contribution in [0.25, 0.3) is 21.7 Å². The van der Waals surface area contributed by atoms with Crippen molar-refractivity contribution in [3.63, 3.8) is 0 Å². The van der Waals surface area contributed by atoms with Crippen molar-refractivity contribution in [1.29, 1.82) is 0 Å². The van der Waals surface area contributed by atoms with Crippen LogP contribution in [0.1, 0.15) is 0 Å². The van der Waals surface area contributed by atoms with Crippen LogP contribution in [0, 0.1) is 5.82 Å². The van der Waals surface area contributed by atoms with Crippen LogP contribution >= 0.6 is 11.3 Å². The standard InChI is InChI=1S/C12H9FN4S/c13-8-4-2-1-3-7(8)10-11(16-17-12(10)14)9-5-15-6-18-9/h1-6H,(H3,14,16,17). The molecule has 0 saturated carbocycles. The maximum Gasteiger partial charge on any atom is 0.153 e. The Morgan fingerprint density at radius 3 is 2.83 bits per heavy atom. The summed E-state index contributed by atoms with van der Waals surface area (Å²) in [6.45, 7) is 0. The van der Waals surface area contributed by atoms with Gasteiger partial charge >= 0.3 is 0 Å². The molecular formula is C12H9FN4S. The van der Waals surface area contributed by atoms with E-state index >= 15 is 0 Å². The van der Waals surface area contributed by atoms with Gasteiger partial charge in [-0.15, -0.1) is 11.3 Å². The number of anilines is 1. The van der Waals surface area contributed by atoms with Gasteiger partial charge in [0.1, 0.15) is 5.82 Å². The molecule has 1 aromatic carbocycles. The van der Waals surface area contributed by atoms with Crippen LogP contribution in [-0.4, -0.2) is 15.2 Å². The predicted molar refractivity (Wildman–Crippen MR) is 69.5 cm³/mol. The third kappa shape index (κ3) is 1.67. The summed E-state index contributed by atoms with van der Waals surface area (Å²) in [7, 11) is 0. The Morgan fingerprint density at radius 1 is 1.28 bits per heavy atom. The van der Waals surface area contributed by atoms with Crippen LogP contribution in [0.4, 0.5) is 10.2 Å². The molecule has 4 nitrogen and oxygen atoms in total. The van der Waals surface area contributed by atoms with Gasteiger partial charge in [-0.25, -0.2) is 4.39 Å². The van der Waals surface area contributed by atoms with Crippen LogP contribution in [0.2, 0.25) is 0 Å². The molecule has 2 aromatic heterocycles. The molecule has 3 N–H and O–H groups in total. The fraction of sp³-hybridized carbons (Fsp3) is 0. The summed E-state index contributed by atoms with van der Waals surface area (Å²) in [5.41, 5.74) is 9.24. The number of aromatic amines is 1. The number of thiazole rings is 1. The highest BCUT2D eigenvalue weighted by molar-refractivity contribution is 7.13. The van der Waals surface area contributed by atoms with E-state index in [4.69, 9.17) is 5.73 Å². The number of H-pyrrole nitrogens is 1. The number of aromatic nitrogens is 3. The van der Waals surface area contributed by atoms with Crippen LogP contribution in [-0.2, 0) is 0 Å². The third-order valence-electron chi connectivity index (χ3n) is 2.62.